The van der Waals surface area contributed by atoms with E-state index in [0.717, 1.165) is 13.1 Å². The van der Waals surface area contributed by atoms with Crippen molar-refractivity contribution in [2.45, 2.75) is 6.04 Å². The molecule has 12 heavy (non-hydrogen) atoms. The number of anilines is 1. The molecule has 0 saturated carbocycles. The van der Waals surface area contributed by atoms with Gasteiger partial charge in [-0.1, -0.05) is 11.6 Å². The minimum absolute atomic E-state index is 0.268. The van der Waals surface area contributed by atoms with Gasteiger partial charge in [0.2, 0.25) is 5.95 Å². The lowest BCUT2D eigenvalue weighted by Crippen LogP contribution is -2.56. The van der Waals surface area contributed by atoms with Crippen LogP contribution in [0.3, 0.4) is 0 Å². The molecule has 64 valence electrons. The van der Waals surface area contributed by atoms with Crippen molar-refractivity contribution in [2.24, 2.45) is 5.73 Å². The Bertz CT molecular complexity index is 267. The lowest BCUT2D eigenvalue weighted by molar-refractivity contribution is 0.509. The van der Waals surface area contributed by atoms with Gasteiger partial charge in [0.25, 0.3) is 0 Å². The van der Waals surface area contributed by atoms with Crippen LogP contribution in [0.25, 0.3) is 0 Å². The predicted molar refractivity (Wildman–Crippen MR) is 47.2 cm³/mol. The number of halogens is 1. The van der Waals surface area contributed by atoms with Crippen LogP contribution in [0.4, 0.5) is 5.95 Å². The molecular weight excluding hydrogens is 176 g/mol. The summed E-state index contributed by atoms with van der Waals surface area (Å²) in [5.74, 6) is 0.709. The summed E-state index contributed by atoms with van der Waals surface area (Å²) >= 11 is 5.64. The SMILES string of the molecule is NC1CN(c2ncc(Cl)cn2)C1. The molecule has 0 aliphatic carbocycles. The van der Waals surface area contributed by atoms with E-state index in [1.54, 1.807) is 12.4 Å². The van der Waals surface area contributed by atoms with E-state index in [9.17, 15) is 0 Å². The van der Waals surface area contributed by atoms with Gasteiger partial charge in [-0.3, -0.25) is 0 Å². The maximum atomic E-state index is 5.64. The zero-order valence-corrected chi connectivity index (χ0v) is 7.20. The first-order chi connectivity index (χ1) is 5.75. The summed E-state index contributed by atoms with van der Waals surface area (Å²) in [6, 6.07) is 0.268. The molecule has 0 bridgehead atoms. The van der Waals surface area contributed by atoms with E-state index in [1.807, 2.05) is 4.90 Å². The molecule has 0 unspecified atom stereocenters. The van der Waals surface area contributed by atoms with Gasteiger partial charge in [0.15, 0.2) is 0 Å². The van der Waals surface area contributed by atoms with Gasteiger partial charge in [0, 0.05) is 19.1 Å². The third-order valence-corrected chi connectivity index (χ3v) is 1.99. The Kier molecular flexibility index (Phi) is 1.86. The summed E-state index contributed by atoms with van der Waals surface area (Å²) in [6.07, 6.45) is 3.18. The summed E-state index contributed by atoms with van der Waals surface area (Å²) in [7, 11) is 0. The number of hydrogen-bond acceptors (Lipinski definition) is 4. The van der Waals surface area contributed by atoms with E-state index in [1.165, 1.54) is 0 Å². The highest BCUT2D eigenvalue weighted by Crippen LogP contribution is 2.15. The van der Waals surface area contributed by atoms with Crippen LogP contribution in [-0.2, 0) is 0 Å². The van der Waals surface area contributed by atoms with Gasteiger partial charge in [0.1, 0.15) is 0 Å². The smallest absolute Gasteiger partial charge is 0.225 e. The van der Waals surface area contributed by atoms with Crippen LogP contribution in [0, 0.1) is 0 Å². The molecule has 2 rings (SSSR count). The average Bonchev–Trinajstić information content (AvgIpc) is 2.01. The fourth-order valence-corrected chi connectivity index (χ4v) is 1.24. The summed E-state index contributed by atoms with van der Waals surface area (Å²) in [6.45, 7) is 1.67. The Morgan fingerprint density at radius 1 is 1.42 bits per heavy atom. The molecule has 1 fully saturated rings. The monoisotopic (exact) mass is 184 g/mol. The number of aromatic nitrogens is 2. The first-order valence-electron chi connectivity index (χ1n) is 3.74. The average molecular weight is 185 g/mol. The summed E-state index contributed by atoms with van der Waals surface area (Å²) in [5, 5.41) is 0.559. The second kappa shape index (κ2) is 2.88. The molecule has 2 N–H and O–H groups in total. The fraction of sp³-hybridized carbons (Fsp3) is 0.429. The lowest BCUT2D eigenvalue weighted by atomic mass is 10.1. The molecule has 2 heterocycles. The van der Waals surface area contributed by atoms with E-state index >= 15 is 0 Å². The van der Waals surface area contributed by atoms with Crippen molar-refractivity contribution in [3.8, 4) is 0 Å². The Labute approximate surface area is 75.4 Å². The van der Waals surface area contributed by atoms with E-state index in [-0.39, 0.29) is 6.04 Å². The zero-order chi connectivity index (χ0) is 8.55. The van der Waals surface area contributed by atoms with Gasteiger partial charge in [0.05, 0.1) is 17.4 Å². The fourth-order valence-electron chi connectivity index (χ4n) is 1.14. The molecule has 1 aliphatic rings. The number of hydrogen-bond donors (Lipinski definition) is 1. The molecule has 1 aromatic heterocycles. The van der Waals surface area contributed by atoms with Crippen molar-refractivity contribution in [3.63, 3.8) is 0 Å². The molecule has 4 nitrogen and oxygen atoms in total. The first-order valence-corrected chi connectivity index (χ1v) is 4.11. The molecule has 0 aromatic carbocycles. The molecule has 0 amide bonds. The molecule has 1 aliphatic heterocycles. The molecule has 0 atom stereocenters. The number of nitrogens with two attached hydrogens (primary N) is 1. The number of nitrogens with zero attached hydrogens (tertiary/aromatic N) is 3. The van der Waals surface area contributed by atoms with Crippen molar-refractivity contribution >= 4 is 17.5 Å². The highest BCUT2D eigenvalue weighted by atomic mass is 35.5. The van der Waals surface area contributed by atoms with Crippen LogP contribution >= 0.6 is 11.6 Å². The largest absolute Gasteiger partial charge is 0.338 e. The highest BCUT2D eigenvalue weighted by Gasteiger charge is 2.24. The van der Waals surface area contributed by atoms with Crippen LogP contribution in [0.2, 0.25) is 5.02 Å². The highest BCUT2D eigenvalue weighted by molar-refractivity contribution is 6.30. The van der Waals surface area contributed by atoms with Crippen LogP contribution < -0.4 is 10.6 Å². The van der Waals surface area contributed by atoms with Crippen molar-refractivity contribution in [1.82, 2.24) is 9.97 Å². The van der Waals surface area contributed by atoms with Crippen LogP contribution in [0.15, 0.2) is 12.4 Å². The van der Waals surface area contributed by atoms with Gasteiger partial charge >= 0.3 is 0 Å². The minimum Gasteiger partial charge on any atom is -0.338 e. The van der Waals surface area contributed by atoms with Gasteiger partial charge in [-0.25, -0.2) is 9.97 Å². The molecule has 0 radical (unpaired) electrons. The van der Waals surface area contributed by atoms with Gasteiger partial charge in [-0.2, -0.15) is 0 Å². The predicted octanol–water partition coefficient (Wildman–Crippen LogP) is 0.277. The quantitative estimate of drug-likeness (QED) is 0.681. The van der Waals surface area contributed by atoms with E-state index in [4.69, 9.17) is 17.3 Å². The normalized spacial score (nSPS) is 17.7. The van der Waals surface area contributed by atoms with E-state index in [2.05, 4.69) is 9.97 Å². The summed E-state index contributed by atoms with van der Waals surface area (Å²) in [4.78, 5) is 10.1. The van der Waals surface area contributed by atoms with E-state index < -0.39 is 0 Å². The minimum atomic E-state index is 0.268. The summed E-state index contributed by atoms with van der Waals surface area (Å²) in [5.41, 5.74) is 5.61. The van der Waals surface area contributed by atoms with Gasteiger partial charge in [-0.15, -0.1) is 0 Å². The van der Waals surface area contributed by atoms with Crippen molar-refractivity contribution in [2.75, 3.05) is 18.0 Å². The molecule has 0 spiro atoms. The second-order valence-electron chi connectivity index (χ2n) is 2.87. The Hall–Kier alpha value is -0.870. The molecule has 5 heteroatoms. The van der Waals surface area contributed by atoms with Gasteiger partial charge in [-0.05, 0) is 0 Å². The van der Waals surface area contributed by atoms with Crippen molar-refractivity contribution in [3.05, 3.63) is 17.4 Å². The Morgan fingerprint density at radius 2 is 2.00 bits per heavy atom. The standard InChI is InChI=1S/C7H9ClN4/c8-5-1-10-7(11-2-5)12-3-6(9)4-12/h1-2,6H,3-4,9H2. The third kappa shape index (κ3) is 1.35. The topological polar surface area (TPSA) is 55.0 Å². The first kappa shape index (κ1) is 7.76. The Balaban J connectivity index is 2.09. The third-order valence-electron chi connectivity index (χ3n) is 1.80. The second-order valence-corrected chi connectivity index (χ2v) is 3.30. The van der Waals surface area contributed by atoms with Gasteiger partial charge < -0.3 is 10.6 Å². The lowest BCUT2D eigenvalue weighted by Gasteiger charge is -2.36. The van der Waals surface area contributed by atoms with Crippen molar-refractivity contribution in [1.29, 1.82) is 0 Å². The van der Waals surface area contributed by atoms with Crippen LogP contribution in [0.1, 0.15) is 0 Å². The maximum Gasteiger partial charge on any atom is 0.225 e. The molecule has 1 aromatic rings. The van der Waals surface area contributed by atoms with Crippen molar-refractivity contribution < 1.29 is 0 Å². The number of rotatable bonds is 1. The van der Waals surface area contributed by atoms with Crippen LogP contribution in [0.5, 0.6) is 0 Å². The zero-order valence-electron chi connectivity index (χ0n) is 6.44. The molecule has 1 saturated heterocycles. The molecular formula is C7H9ClN4. The summed E-state index contributed by atoms with van der Waals surface area (Å²) < 4.78 is 0. The van der Waals surface area contributed by atoms with E-state index in [0.29, 0.717) is 11.0 Å². The van der Waals surface area contributed by atoms with Crippen LogP contribution in [-0.4, -0.2) is 29.1 Å². The Morgan fingerprint density at radius 3 is 2.50 bits per heavy atom. The maximum absolute atomic E-state index is 5.64.